The van der Waals surface area contributed by atoms with Gasteiger partial charge in [-0.05, 0) is 38.5 Å². The zero-order chi connectivity index (χ0) is 25.3. The Hall–Kier alpha value is -2.59. The minimum absolute atomic E-state index is 0.0367. The van der Waals surface area contributed by atoms with E-state index in [1.54, 1.807) is 0 Å². The number of anilines is 3. The lowest BCUT2D eigenvalue weighted by molar-refractivity contribution is -0.179. The van der Waals surface area contributed by atoms with Crippen LogP contribution in [0, 0.1) is 0 Å². The molecule has 1 aliphatic rings. The molecule has 10 nitrogen and oxygen atoms in total. The fourth-order valence-electron chi connectivity index (χ4n) is 3.85. The highest BCUT2D eigenvalue weighted by Crippen LogP contribution is 2.28. The molecule has 0 amide bonds. The molecule has 0 spiro atoms. The van der Waals surface area contributed by atoms with E-state index in [9.17, 15) is 9.59 Å². The van der Waals surface area contributed by atoms with E-state index in [-0.39, 0.29) is 49.7 Å². The van der Waals surface area contributed by atoms with Crippen molar-refractivity contribution in [2.24, 2.45) is 0 Å². The number of fused-ring (bicyclic) bond motifs is 1. The van der Waals surface area contributed by atoms with Gasteiger partial charge in [0.2, 0.25) is 5.95 Å². The Morgan fingerprint density at radius 1 is 1.11 bits per heavy atom. The maximum atomic E-state index is 12.5. The third-order valence-electron chi connectivity index (χ3n) is 5.81. The van der Waals surface area contributed by atoms with Crippen molar-refractivity contribution in [3.8, 4) is 0 Å². The molecule has 1 atom stereocenters. The number of aromatic nitrogens is 2. The van der Waals surface area contributed by atoms with Crippen molar-refractivity contribution < 1.29 is 19.4 Å². The molecule has 0 aromatic carbocycles. The molecule has 1 unspecified atom stereocenters. The largest absolute Gasteiger partial charge is 0.416 e. The van der Waals surface area contributed by atoms with Gasteiger partial charge < -0.3 is 25.6 Å². The zero-order valence-corrected chi connectivity index (χ0v) is 21.1. The Kier molecular flexibility index (Phi) is 13.9. The number of ether oxygens (including phenoxy) is 2. The van der Waals surface area contributed by atoms with Gasteiger partial charge in [0.05, 0.1) is 13.3 Å². The number of aliphatic hydroxyl groups is 1. The summed E-state index contributed by atoms with van der Waals surface area (Å²) in [6.07, 6.45) is 16.9. The number of hydrogen-bond donors (Lipinski definition) is 4. The van der Waals surface area contributed by atoms with Gasteiger partial charge in [-0.25, -0.2) is 0 Å². The van der Waals surface area contributed by atoms with Crippen LogP contribution in [0.1, 0.15) is 90.4 Å². The number of carbonyl (C=O) groups excluding carboxylic acids is 1. The van der Waals surface area contributed by atoms with Gasteiger partial charge in [-0.3, -0.25) is 19.5 Å². The van der Waals surface area contributed by atoms with Gasteiger partial charge in [-0.2, -0.15) is 4.98 Å². The fraction of sp³-hybridized carbons (Fsp3) is 0.720. The molecule has 1 aliphatic heterocycles. The molecular weight excluding hydrogens is 450 g/mol. The Bertz CT molecular complexity index is 829. The summed E-state index contributed by atoms with van der Waals surface area (Å²) in [4.78, 5) is 32.7. The first-order chi connectivity index (χ1) is 17.1. The number of aromatic amines is 1. The summed E-state index contributed by atoms with van der Waals surface area (Å²) in [7, 11) is 0. The van der Waals surface area contributed by atoms with E-state index in [1.807, 2.05) is 0 Å². The molecule has 198 valence electrons. The van der Waals surface area contributed by atoms with Crippen LogP contribution in [-0.4, -0.2) is 47.3 Å². The molecule has 0 saturated heterocycles. The molecule has 5 N–H and O–H groups in total. The van der Waals surface area contributed by atoms with Crippen molar-refractivity contribution in [2.45, 2.75) is 96.8 Å². The van der Waals surface area contributed by atoms with E-state index in [2.05, 4.69) is 34.4 Å². The lowest BCUT2D eigenvalue weighted by Gasteiger charge is -2.27. The molecule has 0 bridgehead atoms. The Morgan fingerprint density at radius 2 is 1.80 bits per heavy atom. The van der Waals surface area contributed by atoms with Crippen LogP contribution >= 0.6 is 0 Å². The number of carbonyl (C=O) groups is 1. The van der Waals surface area contributed by atoms with Gasteiger partial charge >= 0.3 is 5.97 Å². The van der Waals surface area contributed by atoms with Crippen molar-refractivity contribution in [1.29, 1.82) is 0 Å². The molecule has 0 fully saturated rings. The third kappa shape index (κ3) is 10.7. The number of esters is 1. The first-order valence-corrected chi connectivity index (χ1v) is 13.0. The standard InChI is InChI=1S/C25H43N5O5/c1-2-3-4-5-6-7-8-9-10-11-12-13-14-16-20(32)35-25(34-18-15-17-31)30-19-27-21-22(30)28-24(26)29-23(21)33/h7-8,25,27,31H,2-6,9-19H2,1H3,(H3,26,28,29,33). The van der Waals surface area contributed by atoms with E-state index in [0.29, 0.717) is 6.42 Å². The summed E-state index contributed by atoms with van der Waals surface area (Å²) >= 11 is 0. The molecular formula is C25H43N5O5. The van der Waals surface area contributed by atoms with Crippen LogP contribution in [0.25, 0.3) is 0 Å². The SMILES string of the molecule is CCCCCCC=CCCCCCCCC(=O)OC(OCCCO)N1CNc2c1nc(N)[nH]c2=O. The number of nitrogens with two attached hydrogens (primary N) is 1. The molecule has 0 aliphatic carbocycles. The number of H-pyrrole nitrogens is 1. The monoisotopic (exact) mass is 493 g/mol. The topological polar surface area (TPSA) is 143 Å². The van der Waals surface area contributed by atoms with Gasteiger partial charge in [0.25, 0.3) is 12.0 Å². The van der Waals surface area contributed by atoms with Gasteiger partial charge in [0, 0.05) is 13.0 Å². The minimum Gasteiger partial charge on any atom is -0.416 e. The minimum atomic E-state index is -1.06. The number of rotatable bonds is 19. The van der Waals surface area contributed by atoms with Crippen molar-refractivity contribution >= 4 is 23.4 Å². The summed E-state index contributed by atoms with van der Waals surface area (Å²) in [6, 6.07) is 0. The predicted molar refractivity (Wildman–Crippen MR) is 138 cm³/mol. The molecule has 1 aromatic rings. The molecule has 2 heterocycles. The molecule has 0 radical (unpaired) electrons. The number of aliphatic hydroxyl groups excluding tert-OH is 1. The Labute approximate surface area is 208 Å². The number of nitrogens with zero attached hydrogens (tertiary/aromatic N) is 2. The second-order valence-electron chi connectivity index (χ2n) is 8.83. The van der Waals surface area contributed by atoms with Gasteiger partial charge in [-0.1, -0.05) is 57.6 Å². The predicted octanol–water partition coefficient (Wildman–Crippen LogP) is 4.02. The zero-order valence-electron chi connectivity index (χ0n) is 21.1. The molecule has 2 rings (SSSR count). The van der Waals surface area contributed by atoms with Crippen molar-refractivity contribution in [1.82, 2.24) is 9.97 Å². The van der Waals surface area contributed by atoms with Crippen LogP contribution in [0.2, 0.25) is 0 Å². The number of nitrogen functional groups attached to an aromatic ring is 1. The lowest BCUT2D eigenvalue weighted by Crippen LogP contribution is -2.41. The maximum absolute atomic E-state index is 12.5. The van der Waals surface area contributed by atoms with Crippen molar-refractivity contribution in [3.05, 3.63) is 22.5 Å². The smallest absolute Gasteiger partial charge is 0.309 e. The maximum Gasteiger partial charge on any atom is 0.309 e. The van der Waals surface area contributed by atoms with Crippen LogP contribution in [0.5, 0.6) is 0 Å². The third-order valence-corrected chi connectivity index (χ3v) is 5.81. The molecule has 10 heteroatoms. The number of hydrogen-bond acceptors (Lipinski definition) is 9. The van der Waals surface area contributed by atoms with E-state index in [1.165, 1.54) is 43.4 Å². The van der Waals surface area contributed by atoms with Crippen LogP contribution < -0.4 is 21.5 Å². The number of nitrogens with one attached hydrogen (secondary N) is 2. The summed E-state index contributed by atoms with van der Waals surface area (Å²) in [5, 5.41) is 12.0. The molecule has 0 saturated carbocycles. The first kappa shape index (κ1) is 28.6. The average molecular weight is 494 g/mol. The summed E-state index contributed by atoms with van der Waals surface area (Å²) < 4.78 is 11.2. The lowest BCUT2D eigenvalue weighted by atomic mass is 10.1. The quantitative estimate of drug-likeness (QED) is 0.0972. The second-order valence-corrected chi connectivity index (χ2v) is 8.83. The highest BCUT2D eigenvalue weighted by molar-refractivity contribution is 5.72. The highest BCUT2D eigenvalue weighted by atomic mass is 16.7. The van der Waals surface area contributed by atoms with Crippen LogP contribution in [-0.2, 0) is 14.3 Å². The highest BCUT2D eigenvalue weighted by Gasteiger charge is 2.32. The van der Waals surface area contributed by atoms with Crippen molar-refractivity contribution in [3.63, 3.8) is 0 Å². The molecule has 35 heavy (non-hydrogen) atoms. The molecule has 1 aromatic heterocycles. The summed E-state index contributed by atoms with van der Waals surface area (Å²) in [6.45, 7) is 2.55. The van der Waals surface area contributed by atoms with Crippen LogP contribution in [0.15, 0.2) is 16.9 Å². The van der Waals surface area contributed by atoms with Gasteiger partial charge in [0.1, 0.15) is 5.69 Å². The number of allylic oxidation sites excluding steroid dienone is 2. The number of unbranched alkanes of at least 4 members (excludes halogenated alkanes) is 9. The Morgan fingerprint density at radius 3 is 2.51 bits per heavy atom. The normalized spacial score (nSPS) is 13.7. The van der Waals surface area contributed by atoms with Crippen LogP contribution in [0.3, 0.4) is 0 Å². The Balaban J connectivity index is 1.68. The summed E-state index contributed by atoms with van der Waals surface area (Å²) in [5.74, 6) is -0.148. The van der Waals surface area contributed by atoms with Gasteiger partial charge in [-0.15, -0.1) is 0 Å². The fourth-order valence-corrected chi connectivity index (χ4v) is 3.85. The van der Waals surface area contributed by atoms with E-state index in [4.69, 9.17) is 20.3 Å². The van der Waals surface area contributed by atoms with E-state index in [0.717, 1.165) is 32.1 Å². The first-order valence-electron chi connectivity index (χ1n) is 13.0. The average Bonchev–Trinajstić information content (AvgIpc) is 3.25. The van der Waals surface area contributed by atoms with E-state index < -0.39 is 12.0 Å². The van der Waals surface area contributed by atoms with Gasteiger partial charge in [0.15, 0.2) is 5.82 Å². The van der Waals surface area contributed by atoms with E-state index >= 15 is 0 Å². The second kappa shape index (κ2) is 16.9. The van der Waals surface area contributed by atoms with Crippen LogP contribution in [0.4, 0.5) is 17.5 Å². The van der Waals surface area contributed by atoms with Crippen molar-refractivity contribution in [2.75, 3.05) is 35.8 Å². The summed E-state index contributed by atoms with van der Waals surface area (Å²) in [5.41, 5.74) is 5.52.